The van der Waals surface area contributed by atoms with Crippen LogP contribution in [0.25, 0.3) is 0 Å². The van der Waals surface area contributed by atoms with E-state index in [1.54, 1.807) is 11.3 Å². The standard InChI is InChI=1S/C20H29N3O2S/c21-19(25)18-15-7-3-4-8-16(15)26-20(18)22-17(24)12-23-10-9-13-5-1-2-6-14(13)11-23/h13-14H,1-12H2,(H2,21,25)(H,22,24)/t13-,14+/m0/s1. The maximum atomic E-state index is 12.6. The molecule has 1 aliphatic heterocycles. The van der Waals surface area contributed by atoms with E-state index in [-0.39, 0.29) is 5.91 Å². The molecule has 6 heteroatoms. The summed E-state index contributed by atoms with van der Waals surface area (Å²) in [5.41, 5.74) is 7.26. The first-order valence-corrected chi connectivity index (χ1v) is 10.9. The van der Waals surface area contributed by atoms with Gasteiger partial charge in [0, 0.05) is 11.4 Å². The number of nitrogens with one attached hydrogen (secondary N) is 1. The number of amides is 2. The molecule has 2 amide bonds. The fraction of sp³-hybridized carbons (Fsp3) is 0.700. The van der Waals surface area contributed by atoms with Gasteiger partial charge in [0.1, 0.15) is 5.00 Å². The summed E-state index contributed by atoms with van der Waals surface area (Å²) in [6.07, 6.45) is 10.7. The molecule has 0 radical (unpaired) electrons. The summed E-state index contributed by atoms with van der Waals surface area (Å²) >= 11 is 1.55. The van der Waals surface area contributed by atoms with Gasteiger partial charge >= 0.3 is 0 Å². The first-order valence-electron chi connectivity index (χ1n) is 10.1. The Morgan fingerprint density at radius 2 is 1.85 bits per heavy atom. The van der Waals surface area contributed by atoms with Crippen LogP contribution in [0.15, 0.2) is 0 Å². The van der Waals surface area contributed by atoms with Crippen molar-refractivity contribution in [1.82, 2.24) is 4.90 Å². The molecule has 1 saturated carbocycles. The molecule has 1 aromatic rings. The molecule has 3 aliphatic rings. The molecule has 142 valence electrons. The van der Waals surface area contributed by atoms with Crippen LogP contribution in [0.2, 0.25) is 0 Å². The van der Waals surface area contributed by atoms with Crippen LogP contribution in [0, 0.1) is 11.8 Å². The number of hydrogen-bond donors (Lipinski definition) is 2. The average molecular weight is 376 g/mol. The topological polar surface area (TPSA) is 75.4 Å². The molecule has 1 saturated heterocycles. The fourth-order valence-electron chi connectivity index (χ4n) is 5.10. The molecule has 2 heterocycles. The number of thiophene rings is 1. The van der Waals surface area contributed by atoms with E-state index >= 15 is 0 Å². The summed E-state index contributed by atoms with van der Waals surface area (Å²) in [6.45, 7) is 2.48. The highest BCUT2D eigenvalue weighted by Gasteiger charge is 2.32. The van der Waals surface area contributed by atoms with Crippen LogP contribution in [-0.2, 0) is 17.6 Å². The number of carbonyl (C=O) groups excluding carboxylic acids is 2. The van der Waals surface area contributed by atoms with E-state index < -0.39 is 5.91 Å². The van der Waals surface area contributed by atoms with Crippen LogP contribution in [0.1, 0.15) is 65.7 Å². The Morgan fingerprint density at radius 3 is 2.65 bits per heavy atom. The lowest BCUT2D eigenvalue weighted by atomic mass is 9.75. The van der Waals surface area contributed by atoms with Gasteiger partial charge in [0.2, 0.25) is 5.91 Å². The van der Waals surface area contributed by atoms with Crippen LogP contribution in [-0.4, -0.2) is 36.3 Å². The van der Waals surface area contributed by atoms with Gasteiger partial charge in [0.05, 0.1) is 12.1 Å². The summed E-state index contributed by atoms with van der Waals surface area (Å²) in [7, 11) is 0. The first kappa shape index (κ1) is 18.0. The van der Waals surface area contributed by atoms with Crippen LogP contribution in [0.5, 0.6) is 0 Å². The van der Waals surface area contributed by atoms with Gasteiger partial charge in [-0.05, 0) is 62.5 Å². The zero-order chi connectivity index (χ0) is 18.1. The minimum absolute atomic E-state index is 0.0136. The number of anilines is 1. The summed E-state index contributed by atoms with van der Waals surface area (Å²) in [4.78, 5) is 28.1. The summed E-state index contributed by atoms with van der Waals surface area (Å²) < 4.78 is 0. The zero-order valence-electron chi connectivity index (χ0n) is 15.4. The molecule has 0 bridgehead atoms. The average Bonchev–Trinajstić information content (AvgIpc) is 2.99. The molecule has 2 aliphatic carbocycles. The lowest BCUT2D eigenvalue weighted by molar-refractivity contribution is -0.118. The lowest BCUT2D eigenvalue weighted by Crippen LogP contribution is -2.44. The van der Waals surface area contributed by atoms with Gasteiger partial charge in [-0.15, -0.1) is 11.3 Å². The Hall–Kier alpha value is -1.40. The highest BCUT2D eigenvalue weighted by atomic mass is 32.1. The van der Waals surface area contributed by atoms with Crippen molar-refractivity contribution >= 4 is 28.2 Å². The molecule has 2 atom stereocenters. The summed E-state index contributed by atoms with van der Waals surface area (Å²) in [5, 5.41) is 3.67. The smallest absolute Gasteiger partial charge is 0.251 e. The minimum atomic E-state index is -0.414. The summed E-state index contributed by atoms with van der Waals surface area (Å²) in [6, 6.07) is 0. The van der Waals surface area contributed by atoms with E-state index in [1.807, 2.05) is 0 Å². The Balaban J connectivity index is 1.40. The maximum absolute atomic E-state index is 12.6. The molecule has 4 rings (SSSR count). The van der Waals surface area contributed by atoms with Crippen molar-refractivity contribution < 1.29 is 9.59 Å². The van der Waals surface area contributed by atoms with Gasteiger partial charge in [-0.2, -0.15) is 0 Å². The number of hydrogen-bond acceptors (Lipinski definition) is 4. The van der Waals surface area contributed by atoms with Gasteiger partial charge in [0.25, 0.3) is 5.91 Å². The second-order valence-electron chi connectivity index (χ2n) is 8.16. The Bertz CT molecular complexity index is 699. The maximum Gasteiger partial charge on any atom is 0.251 e. The third-order valence-electron chi connectivity index (χ3n) is 6.41. The van der Waals surface area contributed by atoms with Crippen molar-refractivity contribution in [3.05, 3.63) is 16.0 Å². The normalized spacial score (nSPS) is 26.0. The number of aryl methyl sites for hydroxylation is 1. The van der Waals surface area contributed by atoms with Crippen molar-refractivity contribution in [3.63, 3.8) is 0 Å². The first-order chi connectivity index (χ1) is 12.6. The highest BCUT2D eigenvalue weighted by Crippen LogP contribution is 2.38. The zero-order valence-corrected chi connectivity index (χ0v) is 16.2. The molecule has 26 heavy (non-hydrogen) atoms. The number of likely N-dealkylation sites (tertiary alicyclic amines) is 1. The molecule has 0 unspecified atom stereocenters. The van der Waals surface area contributed by atoms with Crippen molar-refractivity contribution in [2.24, 2.45) is 17.6 Å². The second kappa shape index (κ2) is 7.69. The van der Waals surface area contributed by atoms with Crippen LogP contribution in [0.4, 0.5) is 5.00 Å². The molecular formula is C20H29N3O2S. The Labute approximate surface area is 159 Å². The summed E-state index contributed by atoms with van der Waals surface area (Å²) in [5.74, 6) is 1.21. The molecular weight excluding hydrogens is 346 g/mol. The number of nitrogens with zero attached hydrogens (tertiary/aromatic N) is 1. The van der Waals surface area contributed by atoms with Crippen LogP contribution < -0.4 is 11.1 Å². The number of piperidine rings is 1. The lowest BCUT2D eigenvalue weighted by Gasteiger charge is -2.41. The number of carbonyl (C=O) groups is 2. The van der Waals surface area contributed by atoms with E-state index in [0.717, 1.165) is 56.2 Å². The van der Waals surface area contributed by atoms with Gasteiger partial charge < -0.3 is 11.1 Å². The number of fused-ring (bicyclic) bond motifs is 2. The van der Waals surface area contributed by atoms with Gasteiger partial charge in [-0.1, -0.05) is 19.3 Å². The monoisotopic (exact) mass is 375 g/mol. The second-order valence-corrected chi connectivity index (χ2v) is 9.26. The predicted molar refractivity (Wildman–Crippen MR) is 105 cm³/mol. The van der Waals surface area contributed by atoms with E-state index in [2.05, 4.69) is 10.2 Å². The van der Waals surface area contributed by atoms with E-state index in [0.29, 0.717) is 17.1 Å². The van der Waals surface area contributed by atoms with Crippen molar-refractivity contribution in [2.75, 3.05) is 25.0 Å². The Morgan fingerprint density at radius 1 is 1.08 bits per heavy atom. The van der Waals surface area contributed by atoms with E-state index in [1.165, 1.54) is 37.0 Å². The van der Waals surface area contributed by atoms with E-state index in [4.69, 9.17) is 5.73 Å². The molecule has 2 fully saturated rings. The van der Waals surface area contributed by atoms with Crippen LogP contribution in [0.3, 0.4) is 0 Å². The van der Waals surface area contributed by atoms with Gasteiger partial charge in [0.15, 0.2) is 0 Å². The third-order valence-corrected chi connectivity index (χ3v) is 7.62. The largest absolute Gasteiger partial charge is 0.365 e. The third kappa shape index (κ3) is 3.67. The van der Waals surface area contributed by atoms with Crippen molar-refractivity contribution in [1.29, 1.82) is 0 Å². The van der Waals surface area contributed by atoms with Gasteiger partial charge in [-0.25, -0.2) is 0 Å². The van der Waals surface area contributed by atoms with Gasteiger partial charge in [-0.3, -0.25) is 14.5 Å². The molecule has 0 aromatic carbocycles. The van der Waals surface area contributed by atoms with Crippen molar-refractivity contribution in [2.45, 2.75) is 57.8 Å². The molecule has 5 nitrogen and oxygen atoms in total. The number of primary amides is 1. The number of rotatable bonds is 4. The number of nitrogens with two attached hydrogens (primary N) is 1. The SMILES string of the molecule is NC(=O)c1c(NC(=O)CN2CC[C@@H]3CCCC[C@@H]3C2)sc2c1CCCC2. The minimum Gasteiger partial charge on any atom is -0.365 e. The molecule has 1 aromatic heterocycles. The van der Waals surface area contributed by atoms with Crippen molar-refractivity contribution in [3.8, 4) is 0 Å². The Kier molecular flexibility index (Phi) is 5.32. The molecule has 0 spiro atoms. The molecule has 3 N–H and O–H groups in total. The van der Waals surface area contributed by atoms with E-state index in [9.17, 15) is 9.59 Å². The van der Waals surface area contributed by atoms with Crippen LogP contribution >= 0.6 is 11.3 Å². The fourth-order valence-corrected chi connectivity index (χ4v) is 6.41. The highest BCUT2D eigenvalue weighted by molar-refractivity contribution is 7.17. The predicted octanol–water partition coefficient (Wildman–Crippen LogP) is 3.18. The quantitative estimate of drug-likeness (QED) is 0.849.